The van der Waals surface area contributed by atoms with Gasteiger partial charge in [-0.3, -0.25) is 10.1 Å². The summed E-state index contributed by atoms with van der Waals surface area (Å²) in [6.45, 7) is 1.82. The summed E-state index contributed by atoms with van der Waals surface area (Å²) in [5.74, 6) is 0.567. The van der Waals surface area contributed by atoms with E-state index < -0.39 is 0 Å². The summed E-state index contributed by atoms with van der Waals surface area (Å²) in [6, 6.07) is 7.58. The third kappa shape index (κ3) is 2.97. The van der Waals surface area contributed by atoms with Gasteiger partial charge in [-0.25, -0.2) is 4.98 Å². The van der Waals surface area contributed by atoms with E-state index in [9.17, 15) is 4.79 Å². The highest BCUT2D eigenvalue weighted by Gasteiger charge is 2.17. The molecule has 0 aliphatic heterocycles. The molecule has 1 aromatic carbocycles. The molecule has 0 atom stereocenters. The maximum atomic E-state index is 12.3. The summed E-state index contributed by atoms with van der Waals surface area (Å²) in [5.41, 5.74) is 3.21. The first kappa shape index (κ1) is 14.6. The lowest BCUT2D eigenvalue weighted by atomic mass is 10.2. The molecule has 3 aromatic rings. The highest BCUT2D eigenvalue weighted by molar-refractivity contribution is 7.17. The van der Waals surface area contributed by atoms with Crippen LogP contribution in [0.25, 0.3) is 10.6 Å². The van der Waals surface area contributed by atoms with E-state index in [-0.39, 0.29) is 5.91 Å². The van der Waals surface area contributed by atoms with E-state index in [4.69, 9.17) is 4.74 Å². The van der Waals surface area contributed by atoms with Crippen molar-refractivity contribution < 1.29 is 9.53 Å². The van der Waals surface area contributed by atoms with E-state index in [2.05, 4.69) is 20.5 Å². The van der Waals surface area contributed by atoms with Crippen LogP contribution in [0.15, 0.2) is 29.8 Å². The number of rotatable bonds is 4. The monoisotopic (exact) mass is 332 g/mol. The van der Waals surface area contributed by atoms with E-state index in [0.29, 0.717) is 15.7 Å². The number of methoxy groups -OCH3 is 1. The number of aromatic nitrogens is 3. The highest BCUT2D eigenvalue weighted by Crippen LogP contribution is 2.29. The Hall–Kier alpha value is -2.32. The summed E-state index contributed by atoms with van der Waals surface area (Å²) in [5, 5.41) is 11.5. The Morgan fingerprint density at radius 3 is 2.68 bits per heavy atom. The molecule has 0 saturated carbocycles. The summed E-state index contributed by atoms with van der Waals surface area (Å²) < 4.78 is 5.14. The quantitative estimate of drug-likeness (QED) is 0.794. The number of aryl methyl sites for hydroxylation is 1. The normalized spacial score (nSPS) is 10.5. The van der Waals surface area contributed by atoms with Crippen LogP contribution in [0.1, 0.15) is 15.4 Å². The van der Waals surface area contributed by atoms with Crippen molar-refractivity contribution in [3.8, 4) is 16.3 Å². The first-order valence-corrected chi connectivity index (χ1v) is 8.06. The molecular formula is C14H12N4O2S2. The standard InChI is InChI=1S/C14H12N4O2S2/c1-8-11(12(19)17-14-18-15-7-21-14)22-13(16-8)9-3-5-10(20-2)6-4-9/h3-7H,1-2H3,(H,17,18,19). The number of carbonyl (C=O) groups excluding carboxylic acids is 1. The maximum Gasteiger partial charge on any atom is 0.269 e. The summed E-state index contributed by atoms with van der Waals surface area (Å²) in [4.78, 5) is 17.3. The molecule has 2 heterocycles. The largest absolute Gasteiger partial charge is 0.497 e. The third-order valence-electron chi connectivity index (χ3n) is 2.92. The molecule has 0 saturated heterocycles. The summed E-state index contributed by atoms with van der Waals surface area (Å²) in [7, 11) is 1.62. The molecule has 0 radical (unpaired) electrons. The minimum absolute atomic E-state index is 0.216. The van der Waals surface area contributed by atoms with Gasteiger partial charge in [-0.05, 0) is 31.2 Å². The second-order valence-electron chi connectivity index (χ2n) is 4.36. The average Bonchev–Trinajstić information content (AvgIpc) is 3.17. The first-order valence-electron chi connectivity index (χ1n) is 6.36. The van der Waals surface area contributed by atoms with Gasteiger partial charge in [0, 0.05) is 5.56 Å². The van der Waals surface area contributed by atoms with Crippen LogP contribution in [0, 0.1) is 6.92 Å². The fraction of sp³-hybridized carbons (Fsp3) is 0.143. The molecule has 8 heteroatoms. The van der Waals surface area contributed by atoms with E-state index in [1.165, 1.54) is 22.7 Å². The predicted molar refractivity (Wildman–Crippen MR) is 86.7 cm³/mol. The number of nitrogens with zero attached hydrogens (tertiary/aromatic N) is 3. The molecule has 22 heavy (non-hydrogen) atoms. The second-order valence-corrected chi connectivity index (χ2v) is 6.19. The molecule has 0 unspecified atom stereocenters. The van der Waals surface area contributed by atoms with Crippen molar-refractivity contribution in [2.45, 2.75) is 6.92 Å². The number of nitrogens with one attached hydrogen (secondary N) is 1. The van der Waals surface area contributed by atoms with Crippen LogP contribution in [-0.4, -0.2) is 28.2 Å². The molecule has 3 rings (SSSR count). The number of hydrogen-bond acceptors (Lipinski definition) is 7. The van der Waals surface area contributed by atoms with E-state index >= 15 is 0 Å². The van der Waals surface area contributed by atoms with Gasteiger partial charge in [0.2, 0.25) is 5.13 Å². The van der Waals surface area contributed by atoms with Gasteiger partial charge in [-0.1, -0.05) is 11.3 Å². The van der Waals surface area contributed by atoms with Crippen molar-refractivity contribution in [1.29, 1.82) is 0 Å². The number of hydrogen-bond donors (Lipinski definition) is 1. The summed E-state index contributed by atoms with van der Waals surface area (Å²) in [6.07, 6.45) is 0. The van der Waals surface area contributed by atoms with Crippen molar-refractivity contribution >= 4 is 33.7 Å². The molecule has 0 fully saturated rings. The van der Waals surface area contributed by atoms with Gasteiger partial charge in [0.25, 0.3) is 5.91 Å². The lowest BCUT2D eigenvalue weighted by Crippen LogP contribution is -2.11. The summed E-state index contributed by atoms with van der Waals surface area (Å²) >= 11 is 2.62. The van der Waals surface area contributed by atoms with Gasteiger partial charge in [-0.15, -0.1) is 21.5 Å². The third-order valence-corrected chi connectivity index (χ3v) is 4.73. The van der Waals surface area contributed by atoms with Gasteiger partial charge in [-0.2, -0.15) is 0 Å². The van der Waals surface area contributed by atoms with E-state index in [0.717, 1.165) is 16.3 Å². The van der Waals surface area contributed by atoms with Crippen LogP contribution in [0.4, 0.5) is 5.13 Å². The highest BCUT2D eigenvalue weighted by atomic mass is 32.1. The van der Waals surface area contributed by atoms with Gasteiger partial charge in [0.05, 0.1) is 12.8 Å². The lowest BCUT2D eigenvalue weighted by Gasteiger charge is -2.00. The molecule has 0 aliphatic carbocycles. The molecule has 112 valence electrons. The van der Waals surface area contributed by atoms with E-state index in [1.54, 1.807) is 12.6 Å². The molecule has 6 nitrogen and oxygen atoms in total. The number of anilines is 1. The van der Waals surface area contributed by atoms with Crippen molar-refractivity contribution in [2.24, 2.45) is 0 Å². The zero-order valence-corrected chi connectivity index (χ0v) is 13.5. The van der Waals surface area contributed by atoms with Crippen molar-refractivity contribution in [2.75, 3.05) is 12.4 Å². The number of amides is 1. The van der Waals surface area contributed by atoms with Crippen molar-refractivity contribution in [1.82, 2.24) is 15.2 Å². The van der Waals surface area contributed by atoms with Gasteiger partial charge < -0.3 is 4.74 Å². The predicted octanol–water partition coefficient (Wildman–Crippen LogP) is 3.23. The van der Waals surface area contributed by atoms with Gasteiger partial charge in [0.1, 0.15) is 21.1 Å². The molecule has 2 aromatic heterocycles. The smallest absolute Gasteiger partial charge is 0.269 e. The number of carbonyl (C=O) groups is 1. The zero-order chi connectivity index (χ0) is 15.5. The lowest BCUT2D eigenvalue weighted by molar-refractivity contribution is 0.102. The Labute approximate surface area is 134 Å². The van der Waals surface area contributed by atoms with Crippen LogP contribution < -0.4 is 10.1 Å². The average molecular weight is 332 g/mol. The molecule has 1 N–H and O–H groups in total. The fourth-order valence-electron chi connectivity index (χ4n) is 1.85. The Morgan fingerprint density at radius 1 is 1.27 bits per heavy atom. The van der Waals surface area contributed by atoms with Gasteiger partial charge in [0.15, 0.2) is 0 Å². The molecular weight excluding hydrogens is 320 g/mol. The van der Waals surface area contributed by atoms with Crippen LogP contribution in [-0.2, 0) is 0 Å². The SMILES string of the molecule is COc1ccc(-c2nc(C)c(C(=O)Nc3nncs3)s2)cc1. The maximum absolute atomic E-state index is 12.3. The fourth-order valence-corrected chi connectivity index (χ4v) is 3.25. The van der Waals surface area contributed by atoms with Crippen LogP contribution >= 0.6 is 22.7 Å². The zero-order valence-electron chi connectivity index (χ0n) is 11.9. The topological polar surface area (TPSA) is 77.0 Å². The minimum Gasteiger partial charge on any atom is -0.497 e. The Kier molecular flexibility index (Phi) is 4.12. The molecule has 0 aliphatic rings. The molecule has 1 amide bonds. The van der Waals surface area contributed by atoms with E-state index in [1.807, 2.05) is 31.2 Å². The van der Waals surface area contributed by atoms with Crippen LogP contribution in [0.2, 0.25) is 0 Å². The first-order chi connectivity index (χ1) is 10.7. The number of benzene rings is 1. The Balaban J connectivity index is 1.84. The van der Waals surface area contributed by atoms with Crippen LogP contribution in [0.5, 0.6) is 5.75 Å². The second kappa shape index (κ2) is 6.20. The Bertz CT molecular complexity index is 782. The molecule has 0 spiro atoms. The minimum atomic E-state index is -0.216. The van der Waals surface area contributed by atoms with Crippen molar-refractivity contribution in [3.63, 3.8) is 0 Å². The van der Waals surface area contributed by atoms with Crippen molar-refractivity contribution in [3.05, 3.63) is 40.3 Å². The van der Waals surface area contributed by atoms with Gasteiger partial charge >= 0.3 is 0 Å². The van der Waals surface area contributed by atoms with Crippen LogP contribution in [0.3, 0.4) is 0 Å². The molecule has 0 bridgehead atoms. The number of thiazole rings is 1. The Morgan fingerprint density at radius 2 is 2.05 bits per heavy atom. The number of ether oxygens (including phenoxy) is 1.